The van der Waals surface area contributed by atoms with Gasteiger partial charge in [0.25, 0.3) is 11.6 Å². The summed E-state index contributed by atoms with van der Waals surface area (Å²) >= 11 is 0. The molecule has 0 saturated carbocycles. The van der Waals surface area contributed by atoms with Gasteiger partial charge in [0.15, 0.2) is 17.3 Å². The quantitative estimate of drug-likeness (QED) is 0.312. The molecule has 0 bridgehead atoms. The highest BCUT2D eigenvalue weighted by Gasteiger charge is 2.19. The Balaban J connectivity index is 1.41. The number of carbonyl (C=O) groups is 1. The fraction of sp³-hybridized carbons (Fsp3) is 0.125. The predicted octanol–water partition coefficient (Wildman–Crippen LogP) is 4.22. The number of rotatable bonds is 7. The van der Waals surface area contributed by atoms with Crippen LogP contribution in [0.1, 0.15) is 17.3 Å². The number of non-ortho nitro benzene ring substituents is 1. The minimum absolute atomic E-state index is 0.152. The van der Waals surface area contributed by atoms with E-state index in [1.807, 2.05) is 25.1 Å². The van der Waals surface area contributed by atoms with Crippen molar-refractivity contribution in [2.24, 2.45) is 0 Å². The Morgan fingerprint density at radius 1 is 1.11 bits per heavy atom. The summed E-state index contributed by atoms with van der Waals surface area (Å²) in [5, 5.41) is 18.2. The number of fused-ring (bicyclic) bond motifs is 1. The molecule has 11 heteroatoms. The molecule has 5 rings (SSSR count). The molecule has 0 saturated heterocycles. The Kier molecular flexibility index (Phi) is 5.71. The molecule has 0 radical (unpaired) electrons. The predicted molar refractivity (Wildman–Crippen MR) is 125 cm³/mol. The van der Waals surface area contributed by atoms with Crippen molar-refractivity contribution in [1.29, 1.82) is 0 Å². The number of nitrogens with zero attached hydrogens (tertiary/aromatic N) is 4. The number of anilines is 1. The van der Waals surface area contributed by atoms with Gasteiger partial charge in [0.1, 0.15) is 0 Å². The molecule has 1 amide bonds. The van der Waals surface area contributed by atoms with Gasteiger partial charge < -0.3 is 19.5 Å². The number of benzene rings is 3. The average Bonchev–Trinajstić information content (AvgIpc) is 3.51. The standard InChI is InChI=1S/C24H19N5O6/c1-2-33-24-26-22(15-6-11-20-21(13-15)35-14-34-20)28(27-24)18-9-7-17(8-10-18)25-23(30)16-4-3-5-19(12-16)29(31)32/h3-13H,2,14H2,1H3,(H,25,30). The van der Waals surface area contributed by atoms with Crippen molar-refractivity contribution in [1.82, 2.24) is 14.8 Å². The molecule has 1 N–H and O–H groups in total. The Labute approximate surface area is 199 Å². The zero-order chi connectivity index (χ0) is 24.4. The summed E-state index contributed by atoms with van der Waals surface area (Å²) in [6.45, 7) is 2.42. The molecule has 1 aromatic heterocycles. The van der Waals surface area contributed by atoms with Gasteiger partial charge in [-0.25, -0.2) is 4.68 Å². The number of hydrogen-bond donors (Lipinski definition) is 1. The molecule has 0 unspecified atom stereocenters. The van der Waals surface area contributed by atoms with Gasteiger partial charge in [0.05, 0.1) is 17.2 Å². The van der Waals surface area contributed by atoms with E-state index in [9.17, 15) is 14.9 Å². The third-order valence-corrected chi connectivity index (χ3v) is 5.18. The van der Waals surface area contributed by atoms with E-state index in [-0.39, 0.29) is 24.1 Å². The van der Waals surface area contributed by atoms with Crippen molar-refractivity contribution in [3.05, 3.63) is 82.4 Å². The third kappa shape index (κ3) is 4.47. The van der Waals surface area contributed by atoms with E-state index in [0.29, 0.717) is 35.3 Å². The number of nitrogens with one attached hydrogen (secondary N) is 1. The molecule has 11 nitrogen and oxygen atoms in total. The number of nitro benzene ring substituents is 1. The van der Waals surface area contributed by atoms with Gasteiger partial charge in [-0.05, 0) is 55.5 Å². The van der Waals surface area contributed by atoms with Crippen LogP contribution >= 0.6 is 0 Å². The van der Waals surface area contributed by atoms with Gasteiger partial charge >= 0.3 is 6.01 Å². The Morgan fingerprint density at radius 3 is 2.69 bits per heavy atom. The van der Waals surface area contributed by atoms with Crippen LogP contribution in [0.3, 0.4) is 0 Å². The van der Waals surface area contributed by atoms with Crippen LogP contribution in [-0.4, -0.2) is 39.0 Å². The molecule has 0 spiro atoms. The van der Waals surface area contributed by atoms with E-state index in [1.165, 1.54) is 24.3 Å². The van der Waals surface area contributed by atoms with Crippen molar-refractivity contribution in [2.75, 3.05) is 18.7 Å². The summed E-state index contributed by atoms with van der Waals surface area (Å²) in [4.78, 5) is 27.5. The molecule has 0 fully saturated rings. The van der Waals surface area contributed by atoms with E-state index in [4.69, 9.17) is 14.2 Å². The lowest BCUT2D eigenvalue weighted by atomic mass is 10.1. The number of amides is 1. The summed E-state index contributed by atoms with van der Waals surface area (Å²) in [6, 6.07) is 18.2. The SMILES string of the molecule is CCOc1nc(-c2ccc3c(c2)OCO3)n(-c2ccc(NC(=O)c3cccc([N+](=O)[O-])c3)cc2)n1. The molecule has 0 atom stereocenters. The first-order chi connectivity index (χ1) is 17.0. The van der Waals surface area contributed by atoms with Gasteiger partial charge in [0.2, 0.25) is 6.79 Å². The molecule has 2 heterocycles. The lowest BCUT2D eigenvalue weighted by molar-refractivity contribution is -0.384. The largest absolute Gasteiger partial charge is 0.463 e. The summed E-state index contributed by atoms with van der Waals surface area (Å²) in [6.07, 6.45) is 0. The Hall–Kier alpha value is -4.93. The van der Waals surface area contributed by atoms with E-state index in [1.54, 1.807) is 28.9 Å². The zero-order valence-corrected chi connectivity index (χ0v) is 18.5. The van der Waals surface area contributed by atoms with Crippen LogP contribution in [0.15, 0.2) is 66.7 Å². The van der Waals surface area contributed by atoms with Crippen molar-refractivity contribution in [2.45, 2.75) is 6.92 Å². The molecule has 35 heavy (non-hydrogen) atoms. The van der Waals surface area contributed by atoms with Gasteiger partial charge in [-0.1, -0.05) is 6.07 Å². The maximum atomic E-state index is 12.6. The normalized spacial score (nSPS) is 11.8. The Morgan fingerprint density at radius 2 is 1.91 bits per heavy atom. The second-order valence-electron chi connectivity index (χ2n) is 7.44. The number of aromatic nitrogens is 3. The monoisotopic (exact) mass is 473 g/mol. The minimum atomic E-state index is -0.544. The van der Waals surface area contributed by atoms with E-state index < -0.39 is 10.8 Å². The summed E-state index contributed by atoms with van der Waals surface area (Å²) in [7, 11) is 0. The third-order valence-electron chi connectivity index (χ3n) is 5.18. The molecular formula is C24H19N5O6. The second-order valence-corrected chi connectivity index (χ2v) is 7.44. The highest BCUT2D eigenvalue weighted by Crippen LogP contribution is 2.36. The van der Waals surface area contributed by atoms with Crippen LogP contribution in [0.2, 0.25) is 0 Å². The lowest BCUT2D eigenvalue weighted by Crippen LogP contribution is -2.12. The summed E-state index contributed by atoms with van der Waals surface area (Å²) in [5.74, 6) is 1.37. The van der Waals surface area contributed by atoms with Crippen LogP contribution in [0.25, 0.3) is 17.1 Å². The maximum Gasteiger partial charge on any atom is 0.336 e. The average molecular weight is 473 g/mol. The first-order valence-corrected chi connectivity index (χ1v) is 10.7. The maximum absolute atomic E-state index is 12.6. The molecule has 176 valence electrons. The number of hydrogen-bond acceptors (Lipinski definition) is 8. The number of ether oxygens (including phenoxy) is 3. The highest BCUT2D eigenvalue weighted by molar-refractivity contribution is 6.04. The molecular weight excluding hydrogens is 454 g/mol. The number of carbonyl (C=O) groups excluding carboxylic acids is 1. The van der Waals surface area contributed by atoms with Crippen molar-refractivity contribution < 1.29 is 23.9 Å². The smallest absolute Gasteiger partial charge is 0.336 e. The van der Waals surface area contributed by atoms with Crippen molar-refractivity contribution in [3.63, 3.8) is 0 Å². The van der Waals surface area contributed by atoms with Crippen LogP contribution in [0.5, 0.6) is 17.5 Å². The van der Waals surface area contributed by atoms with Gasteiger partial charge in [-0.2, -0.15) is 4.98 Å². The lowest BCUT2D eigenvalue weighted by Gasteiger charge is -2.09. The Bertz CT molecular complexity index is 1420. The molecule has 0 aliphatic carbocycles. The summed E-state index contributed by atoms with van der Waals surface area (Å²) in [5.41, 5.74) is 1.99. The second kappa shape index (κ2) is 9.14. The summed E-state index contributed by atoms with van der Waals surface area (Å²) < 4.78 is 18.0. The minimum Gasteiger partial charge on any atom is -0.463 e. The highest BCUT2D eigenvalue weighted by atomic mass is 16.7. The topological polar surface area (TPSA) is 131 Å². The van der Waals surface area contributed by atoms with Gasteiger partial charge in [-0.3, -0.25) is 14.9 Å². The van der Waals surface area contributed by atoms with Crippen LogP contribution in [-0.2, 0) is 0 Å². The van der Waals surface area contributed by atoms with Crippen LogP contribution in [0, 0.1) is 10.1 Å². The van der Waals surface area contributed by atoms with Gasteiger partial charge in [-0.15, -0.1) is 5.10 Å². The number of nitro groups is 1. The van der Waals surface area contributed by atoms with Gasteiger partial charge in [0, 0.05) is 28.9 Å². The fourth-order valence-electron chi connectivity index (χ4n) is 3.54. The molecule has 1 aliphatic rings. The van der Waals surface area contributed by atoms with Crippen LogP contribution in [0.4, 0.5) is 11.4 Å². The molecule has 3 aromatic carbocycles. The molecule has 1 aliphatic heterocycles. The first-order valence-electron chi connectivity index (χ1n) is 10.7. The van der Waals surface area contributed by atoms with E-state index >= 15 is 0 Å². The van der Waals surface area contributed by atoms with Crippen LogP contribution < -0.4 is 19.5 Å². The van der Waals surface area contributed by atoms with Crippen molar-refractivity contribution in [3.8, 4) is 34.6 Å². The first kappa shape index (κ1) is 21.9. The van der Waals surface area contributed by atoms with Crippen molar-refractivity contribution >= 4 is 17.3 Å². The molecule has 4 aromatic rings. The van der Waals surface area contributed by atoms with E-state index in [0.717, 1.165) is 5.56 Å². The van der Waals surface area contributed by atoms with E-state index in [2.05, 4.69) is 15.4 Å². The fourth-order valence-corrected chi connectivity index (χ4v) is 3.54. The zero-order valence-electron chi connectivity index (χ0n) is 18.5.